The van der Waals surface area contributed by atoms with Gasteiger partial charge in [0, 0.05) is 6.42 Å². The fraction of sp³-hybridized carbons (Fsp3) is 0.750. The molecule has 1 fully saturated rings. The number of carbonyl (C=O) groups excluding carboxylic acids is 1. The summed E-state index contributed by atoms with van der Waals surface area (Å²) in [4.78, 5) is 11.0. The highest BCUT2D eigenvalue weighted by atomic mass is 32.2. The number of hydrogen-bond acceptors (Lipinski definition) is 6. The molecule has 0 bridgehead atoms. The fourth-order valence-corrected chi connectivity index (χ4v) is 1.33. The molecule has 11 heteroatoms. The van der Waals surface area contributed by atoms with E-state index in [4.69, 9.17) is 4.74 Å². The SMILES string of the molecule is O=C(CC/C([O-])=N/S(=O)(=O)C(F)(F)F)OCC1CO1. The van der Waals surface area contributed by atoms with Crippen molar-refractivity contribution in [1.29, 1.82) is 0 Å². The van der Waals surface area contributed by atoms with Gasteiger partial charge < -0.3 is 14.6 Å². The molecule has 0 aromatic heterocycles. The van der Waals surface area contributed by atoms with E-state index in [0.717, 1.165) is 0 Å². The van der Waals surface area contributed by atoms with Crippen LogP contribution in [-0.4, -0.2) is 45.1 Å². The van der Waals surface area contributed by atoms with E-state index in [-0.39, 0.29) is 12.7 Å². The van der Waals surface area contributed by atoms with Gasteiger partial charge >= 0.3 is 21.5 Å². The number of alkyl halides is 3. The van der Waals surface area contributed by atoms with Crippen molar-refractivity contribution < 1.29 is 41.0 Å². The predicted molar refractivity (Wildman–Crippen MR) is 52.3 cm³/mol. The molecule has 1 rings (SSSR count). The Morgan fingerprint density at radius 1 is 1.42 bits per heavy atom. The Morgan fingerprint density at radius 2 is 2.00 bits per heavy atom. The minimum absolute atomic E-state index is 0.00891. The second kappa shape index (κ2) is 5.74. The number of carbonyl (C=O) groups is 1. The minimum atomic E-state index is -5.86. The van der Waals surface area contributed by atoms with Crippen molar-refractivity contribution in [2.24, 2.45) is 4.40 Å². The molecule has 0 saturated carbocycles. The van der Waals surface area contributed by atoms with E-state index in [1.165, 1.54) is 0 Å². The maximum Gasteiger partial charge on any atom is 0.518 e. The lowest BCUT2D eigenvalue weighted by Crippen LogP contribution is -2.27. The van der Waals surface area contributed by atoms with Crippen molar-refractivity contribution in [3.05, 3.63) is 0 Å². The van der Waals surface area contributed by atoms with Gasteiger partial charge in [-0.1, -0.05) is 0 Å². The molecule has 0 radical (unpaired) electrons. The highest BCUT2D eigenvalue weighted by Crippen LogP contribution is 2.24. The third kappa shape index (κ3) is 5.42. The Balaban J connectivity index is 2.41. The van der Waals surface area contributed by atoms with Crippen molar-refractivity contribution in [2.75, 3.05) is 13.2 Å². The summed E-state index contributed by atoms with van der Waals surface area (Å²) >= 11 is 0. The monoisotopic (exact) mass is 304 g/mol. The smallest absolute Gasteiger partial charge is 0.518 e. The molecule has 7 nitrogen and oxygen atoms in total. The summed E-state index contributed by atoms with van der Waals surface area (Å²) in [6.45, 7) is 0.441. The van der Waals surface area contributed by atoms with Gasteiger partial charge in [-0.15, -0.1) is 0 Å². The zero-order valence-corrected chi connectivity index (χ0v) is 10.2. The highest BCUT2D eigenvalue weighted by molar-refractivity contribution is 7.91. The van der Waals surface area contributed by atoms with E-state index in [1.54, 1.807) is 0 Å². The van der Waals surface area contributed by atoms with Crippen LogP contribution in [-0.2, 0) is 24.3 Å². The molecule has 0 N–H and O–H groups in total. The first-order valence-electron chi connectivity index (χ1n) is 4.96. The second-order valence-electron chi connectivity index (χ2n) is 3.54. The van der Waals surface area contributed by atoms with Gasteiger partial charge in [-0.3, -0.25) is 4.79 Å². The number of esters is 1. The largest absolute Gasteiger partial charge is 0.861 e. The lowest BCUT2D eigenvalue weighted by atomic mass is 10.3. The van der Waals surface area contributed by atoms with Gasteiger partial charge in [0.05, 0.1) is 6.61 Å². The van der Waals surface area contributed by atoms with Crippen LogP contribution in [0.1, 0.15) is 12.8 Å². The molecule has 0 spiro atoms. The number of hydrogen-bond donors (Lipinski definition) is 0. The molecule has 0 aliphatic carbocycles. The lowest BCUT2D eigenvalue weighted by Gasteiger charge is -2.11. The molecule has 110 valence electrons. The zero-order chi connectivity index (χ0) is 14.7. The normalized spacial score (nSPS) is 20.2. The second-order valence-corrected chi connectivity index (χ2v) is 5.14. The van der Waals surface area contributed by atoms with E-state index in [1.807, 2.05) is 4.40 Å². The Labute approximate surface area is 106 Å². The first kappa shape index (κ1) is 15.7. The van der Waals surface area contributed by atoms with Gasteiger partial charge in [0.2, 0.25) is 0 Å². The number of halogens is 3. The number of ether oxygens (including phenoxy) is 2. The summed E-state index contributed by atoms with van der Waals surface area (Å²) < 4.78 is 67.9. The Kier molecular flexibility index (Phi) is 4.74. The molecule has 1 aliphatic rings. The van der Waals surface area contributed by atoms with Gasteiger partial charge in [0.25, 0.3) is 0 Å². The van der Waals surface area contributed by atoms with E-state index in [0.29, 0.717) is 6.61 Å². The summed E-state index contributed by atoms with van der Waals surface area (Å²) in [6.07, 6.45) is -1.52. The average Bonchev–Trinajstić information content (AvgIpc) is 3.05. The van der Waals surface area contributed by atoms with E-state index >= 15 is 0 Å². The van der Waals surface area contributed by atoms with Crippen molar-refractivity contribution in [3.63, 3.8) is 0 Å². The van der Waals surface area contributed by atoms with Crippen LogP contribution in [0.5, 0.6) is 0 Å². The quantitative estimate of drug-likeness (QED) is 0.278. The van der Waals surface area contributed by atoms with Crippen LogP contribution in [0, 0.1) is 0 Å². The summed E-state index contributed by atoms with van der Waals surface area (Å²) in [5.74, 6) is -2.40. The number of rotatable bonds is 6. The number of nitrogens with zero attached hydrogens (tertiary/aromatic N) is 1. The van der Waals surface area contributed by atoms with E-state index in [2.05, 4.69) is 4.74 Å². The Morgan fingerprint density at radius 3 is 2.47 bits per heavy atom. The highest BCUT2D eigenvalue weighted by Gasteiger charge is 2.45. The maximum absolute atomic E-state index is 11.9. The summed E-state index contributed by atoms with van der Waals surface area (Å²) in [5, 5.41) is 10.9. The van der Waals surface area contributed by atoms with Crippen LogP contribution >= 0.6 is 0 Å². The van der Waals surface area contributed by atoms with Gasteiger partial charge in [0.15, 0.2) is 0 Å². The molecule has 0 aromatic carbocycles. The van der Waals surface area contributed by atoms with Crippen LogP contribution in [0.4, 0.5) is 13.2 Å². The van der Waals surface area contributed by atoms with Gasteiger partial charge in [-0.05, 0) is 12.3 Å². The number of epoxide rings is 1. The van der Waals surface area contributed by atoms with Crippen molar-refractivity contribution in [3.8, 4) is 0 Å². The Bertz CT molecular complexity index is 467. The lowest BCUT2D eigenvalue weighted by molar-refractivity contribution is -0.218. The van der Waals surface area contributed by atoms with E-state index < -0.39 is 40.2 Å². The fourth-order valence-electron chi connectivity index (χ4n) is 0.863. The average molecular weight is 304 g/mol. The summed E-state index contributed by atoms with van der Waals surface area (Å²) in [6, 6.07) is 0. The molecular formula is C8H9F3NO6S-. The molecule has 0 aromatic rings. The topological polar surface area (TPSA) is 108 Å². The molecule has 1 heterocycles. The molecule has 1 saturated heterocycles. The molecule has 19 heavy (non-hydrogen) atoms. The van der Waals surface area contributed by atoms with Crippen molar-refractivity contribution in [1.82, 2.24) is 0 Å². The van der Waals surface area contributed by atoms with Gasteiger partial charge in [-0.2, -0.15) is 26.0 Å². The van der Waals surface area contributed by atoms with Crippen LogP contribution < -0.4 is 5.11 Å². The predicted octanol–water partition coefficient (Wildman–Crippen LogP) is -0.683. The third-order valence-electron chi connectivity index (χ3n) is 1.89. The summed E-state index contributed by atoms with van der Waals surface area (Å²) in [7, 11) is -5.86. The first-order valence-corrected chi connectivity index (χ1v) is 6.40. The molecule has 1 atom stereocenters. The van der Waals surface area contributed by atoms with Gasteiger partial charge in [0.1, 0.15) is 12.7 Å². The zero-order valence-electron chi connectivity index (χ0n) is 9.34. The number of sulfonamides is 1. The van der Waals surface area contributed by atoms with Gasteiger partial charge in [-0.25, -0.2) is 0 Å². The maximum atomic E-state index is 11.9. The van der Waals surface area contributed by atoms with Crippen LogP contribution in [0.2, 0.25) is 0 Å². The van der Waals surface area contributed by atoms with Crippen LogP contribution in [0.3, 0.4) is 0 Å². The third-order valence-corrected chi connectivity index (χ3v) is 2.92. The first-order chi connectivity index (χ1) is 8.62. The van der Waals surface area contributed by atoms with Crippen molar-refractivity contribution >= 4 is 21.9 Å². The van der Waals surface area contributed by atoms with Crippen LogP contribution in [0.15, 0.2) is 4.40 Å². The molecule has 1 aliphatic heterocycles. The molecular weight excluding hydrogens is 295 g/mol. The van der Waals surface area contributed by atoms with Crippen molar-refractivity contribution in [2.45, 2.75) is 24.5 Å². The Hall–Kier alpha value is -1.36. The summed E-state index contributed by atoms with van der Waals surface area (Å²) in [5.41, 5.74) is -5.63. The molecule has 1 unspecified atom stereocenters. The van der Waals surface area contributed by atoms with Crippen LogP contribution in [0.25, 0.3) is 0 Å². The minimum Gasteiger partial charge on any atom is -0.861 e. The van der Waals surface area contributed by atoms with E-state index in [9.17, 15) is 31.5 Å². The standard InChI is InChI=1S/C8H10F3NO6S/c9-8(10,11)19(15,16)12-6(13)1-2-7(14)18-4-5-3-17-5/h5H,1-4H2,(H,12,13)/p-1. The molecule has 0 amide bonds.